The highest BCUT2D eigenvalue weighted by atomic mass is 19.4. The van der Waals surface area contributed by atoms with Gasteiger partial charge in [0.1, 0.15) is 17.2 Å². The maximum Gasteiger partial charge on any atom is 0.417 e. The van der Waals surface area contributed by atoms with Gasteiger partial charge < -0.3 is 4.90 Å². The van der Waals surface area contributed by atoms with E-state index in [1.807, 2.05) is 0 Å². The topological polar surface area (TPSA) is 84.7 Å². The smallest absolute Gasteiger partial charge is 0.336 e. The second-order valence-corrected chi connectivity index (χ2v) is 9.58. The molecule has 0 spiro atoms. The van der Waals surface area contributed by atoms with Gasteiger partial charge in [-0.15, -0.1) is 0 Å². The lowest BCUT2D eigenvalue weighted by molar-refractivity contribution is -0.138. The molecule has 2 aromatic carbocycles. The zero-order valence-corrected chi connectivity index (χ0v) is 21.5. The number of imide groups is 1. The highest BCUT2D eigenvalue weighted by molar-refractivity contribution is 6.32. The van der Waals surface area contributed by atoms with Gasteiger partial charge in [0.25, 0.3) is 17.7 Å². The Morgan fingerprint density at radius 3 is 2.23 bits per heavy atom. The highest BCUT2D eigenvalue weighted by Gasteiger charge is 2.39. The first-order chi connectivity index (χ1) is 18.9. The van der Waals surface area contributed by atoms with E-state index in [1.54, 1.807) is 0 Å². The van der Waals surface area contributed by atoms with Gasteiger partial charge >= 0.3 is 6.18 Å². The quantitative estimate of drug-likeness (QED) is 0.279. The number of nitrogens with zero attached hydrogens (tertiary/aromatic N) is 4. The van der Waals surface area contributed by atoms with E-state index in [-0.39, 0.29) is 23.3 Å². The number of halogens is 5. The van der Waals surface area contributed by atoms with Crippen LogP contribution in [0.25, 0.3) is 0 Å². The van der Waals surface area contributed by atoms with Crippen LogP contribution in [0.1, 0.15) is 47.7 Å². The molecule has 1 saturated heterocycles. The number of hydrogen-bond acceptors (Lipinski definition) is 5. The number of anilines is 1. The fourth-order valence-corrected chi connectivity index (χ4v) is 4.89. The highest BCUT2D eigenvalue weighted by Crippen LogP contribution is 2.37. The number of rotatable bonds is 7. The van der Waals surface area contributed by atoms with Crippen LogP contribution in [0, 0.1) is 23.0 Å². The molecule has 210 valence electrons. The number of hydrogen-bond donors (Lipinski definition) is 0. The first-order valence-electron chi connectivity index (χ1n) is 12.6. The van der Waals surface area contributed by atoms with Crippen molar-refractivity contribution in [2.75, 3.05) is 37.6 Å². The molecule has 0 aromatic heterocycles. The van der Waals surface area contributed by atoms with Crippen molar-refractivity contribution in [2.45, 2.75) is 32.4 Å². The number of amides is 3. The molecule has 12 heteroatoms. The van der Waals surface area contributed by atoms with Gasteiger partial charge in [0.2, 0.25) is 0 Å². The van der Waals surface area contributed by atoms with E-state index < -0.39 is 52.2 Å². The molecule has 1 fully saturated rings. The summed E-state index contributed by atoms with van der Waals surface area (Å²) in [4.78, 5) is 42.5. The standard InChI is InChI=1S/C28H25F5N4O3/c1-17-20(26(39)37(25(17)38)19-9-8-18(16-34)21(15-19)28(31,32)33)5-2-3-10-35-11-13-36(14-12-35)27(40)24-22(29)6-4-7-23(24)30/h4,6-9,15H,2-3,5,10-14H2,1H3. The lowest BCUT2D eigenvalue weighted by Crippen LogP contribution is -2.49. The molecule has 0 N–H and O–H groups in total. The lowest BCUT2D eigenvalue weighted by Gasteiger charge is -2.34. The third-order valence-corrected chi connectivity index (χ3v) is 7.11. The Balaban J connectivity index is 1.30. The summed E-state index contributed by atoms with van der Waals surface area (Å²) >= 11 is 0. The first-order valence-corrected chi connectivity index (χ1v) is 12.6. The van der Waals surface area contributed by atoms with Crippen molar-refractivity contribution < 1.29 is 36.3 Å². The van der Waals surface area contributed by atoms with Crippen molar-refractivity contribution in [3.05, 3.63) is 75.9 Å². The zero-order chi connectivity index (χ0) is 29.2. The molecule has 2 heterocycles. The van der Waals surface area contributed by atoms with E-state index in [2.05, 4.69) is 4.90 Å². The number of carbonyl (C=O) groups excluding carboxylic acids is 3. The van der Waals surface area contributed by atoms with Gasteiger partial charge in [0, 0.05) is 37.3 Å². The Kier molecular flexibility index (Phi) is 8.34. The average Bonchev–Trinajstić information content (AvgIpc) is 3.13. The van der Waals surface area contributed by atoms with Crippen LogP contribution in [-0.4, -0.2) is 60.2 Å². The molecular formula is C28H25F5N4O3. The van der Waals surface area contributed by atoms with E-state index >= 15 is 0 Å². The van der Waals surface area contributed by atoms with Crippen LogP contribution >= 0.6 is 0 Å². The summed E-state index contributed by atoms with van der Waals surface area (Å²) < 4.78 is 68.0. The van der Waals surface area contributed by atoms with Crippen LogP contribution in [0.3, 0.4) is 0 Å². The number of piperazine rings is 1. The Hall–Kier alpha value is -4.11. The maximum absolute atomic E-state index is 14.0. The molecule has 0 saturated carbocycles. The molecule has 7 nitrogen and oxygen atoms in total. The summed E-state index contributed by atoms with van der Waals surface area (Å²) in [5, 5.41) is 8.99. The van der Waals surface area contributed by atoms with E-state index in [0.29, 0.717) is 56.5 Å². The third-order valence-electron chi connectivity index (χ3n) is 7.11. The Bertz CT molecular complexity index is 1400. The van der Waals surface area contributed by atoms with Crippen molar-refractivity contribution in [3.63, 3.8) is 0 Å². The molecular weight excluding hydrogens is 535 g/mol. The average molecular weight is 561 g/mol. The summed E-state index contributed by atoms with van der Waals surface area (Å²) in [7, 11) is 0. The summed E-state index contributed by atoms with van der Waals surface area (Å²) in [5.74, 6) is -3.90. The molecule has 0 aliphatic carbocycles. The minimum atomic E-state index is -4.83. The minimum Gasteiger partial charge on any atom is -0.336 e. The second kappa shape index (κ2) is 11.6. The Morgan fingerprint density at radius 1 is 0.975 bits per heavy atom. The van der Waals surface area contributed by atoms with Crippen molar-refractivity contribution in [3.8, 4) is 6.07 Å². The van der Waals surface area contributed by atoms with E-state index in [4.69, 9.17) is 5.26 Å². The van der Waals surface area contributed by atoms with E-state index in [9.17, 15) is 36.3 Å². The Labute approximate surface area is 227 Å². The van der Waals surface area contributed by atoms with Gasteiger partial charge in [-0.2, -0.15) is 18.4 Å². The van der Waals surface area contributed by atoms with Gasteiger partial charge in [-0.25, -0.2) is 13.7 Å². The largest absolute Gasteiger partial charge is 0.417 e. The van der Waals surface area contributed by atoms with E-state index in [0.717, 1.165) is 24.3 Å². The molecule has 2 aromatic rings. The SMILES string of the molecule is CC1=C(CCCCN2CCN(C(=O)c3c(F)cccc3F)CC2)C(=O)N(c2ccc(C#N)c(C(F)(F)F)c2)C1=O. The van der Waals surface area contributed by atoms with Crippen molar-refractivity contribution in [1.82, 2.24) is 9.80 Å². The molecule has 0 bridgehead atoms. The zero-order valence-electron chi connectivity index (χ0n) is 21.5. The summed E-state index contributed by atoms with van der Waals surface area (Å²) in [6, 6.07) is 7.45. The van der Waals surface area contributed by atoms with Gasteiger partial charge in [-0.05, 0) is 63.1 Å². The van der Waals surface area contributed by atoms with Gasteiger partial charge in [-0.3, -0.25) is 19.3 Å². The normalized spacial score (nSPS) is 16.6. The number of benzene rings is 2. The van der Waals surface area contributed by atoms with Crippen LogP contribution in [0.2, 0.25) is 0 Å². The van der Waals surface area contributed by atoms with Crippen molar-refractivity contribution in [2.24, 2.45) is 0 Å². The summed E-state index contributed by atoms with van der Waals surface area (Å²) in [6.45, 7) is 3.66. The number of nitriles is 1. The molecule has 0 unspecified atom stereocenters. The molecule has 40 heavy (non-hydrogen) atoms. The summed E-state index contributed by atoms with van der Waals surface area (Å²) in [6.07, 6.45) is -3.41. The molecule has 3 amide bonds. The van der Waals surface area contributed by atoms with Gasteiger partial charge in [-0.1, -0.05) is 6.07 Å². The summed E-state index contributed by atoms with van der Waals surface area (Å²) in [5.41, 5.74) is -2.26. The predicted octanol–water partition coefficient (Wildman–Crippen LogP) is 4.67. The third kappa shape index (κ3) is 5.74. The first kappa shape index (κ1) is 28.9. The molecule has 0 atom stereocenters. The molecule has 2 aliphatic heterocycles. The second-order valence-electron chi connectivity index (χ2n) is 9.58. The minimum absolute atomic E-state index is 0.162. The fraction of sp³-hybridized carbons (Fsp3) is 0.357. The molecule has 4 rings (SSSR count). The van der Waals surface area contributed by atoms with Crippen LogP contribution in [0.4, 0.5) is 27.6 Å². The Morgan fingerprint density at radius 2 is 1.62 bits per heavy atom. The maximum atomic E-state index is 14.0. The lowest BCUT2D eigenvalue weighted by atomic mass is 10.0. The monoisotopic (exact) mass is 560 g/mol. The fourth-order valence-electron chi connectivity index (χ4n) is 4.89. The molecule has 2 aliphatic rings. The number of alkyl halides is 3. The molecule has 0 radical (unpaired) electrons. The van der Waals surface area contributed by atoms with Crippen molar-refractivity contribution >= 4 is 23.4 Å². The van der Waals surface area contributed by atoms with Gasteiger partial charge in [0.15, 0.2) is 0 Å². The van der Waals surface area contributed by atoms with E-state index in [1.165, 1.54) is 24.0 Å². The number of carbonyl (C=O) groups is 3. The van der Waals surface area contributed by atoms with Crippen LogP contribution in [0.5, 0.6) is 0 Å². The van der Waals surface area contributed by atoms with Crippen LogP contribution < -0.4 is 4.90 Å². The van der Waals surface area contributed by atoms with Crippen molar-refractivity contribution in [1.29, 1.82) is 5.26 Å². The number of unbranched alkanes of at least 4 members (excludes halogenated alkanes) is 1. The van der Waals surface area contributed by atoms with Crippen LogP contribution in [-0.2, 0) is 15.8 Å². The predicted molar refractivity (Wildman–Crippen MR) is 134 cm³/mol. The van der Waals surface area contributed by atoms with Gasteiger partial charge in [0.05, 0.1) is 22.9 Å². The van der Waals surface area contributed by atoms with Crippen LogP contribution in [0.15, 0.2) is 47.5 Å².